The summed E-state index contributed by atoms with van der Waals surface area (Å²) < 4.78 is 0. The van der Waals surface area contributed by atoms with Crippen LogP contribution >= 0.6 is 11.6 Å². The van der Waals surface area contributed by atoms with Gasteiger partial charge in [0, 0.05) is 55.3 Å². The maximum atomic E-state index is 6.25. The van der Waals surface area contributed by atoms with E-state index in [1.165, 1.54) is 16.8 Å². The van der Waals surface area contributed by atoms with E-state index in [4.69, 9.17) is 11.6 Å². The Balaban J connectivity index is 1.66. The lowest BCUT2D eigenvalue weighted by molar-refractivity contribution is 0.198. The van der Waals surface area contributed by atoms with Gasteiger partial charge in [0.05, 0.1) is 0 Å². The van der Waals surface area contributed by atoms with Gasteiger partial charge in [0.1, 0.15) is 0 Å². The lowest BCUT2D eigenvalue weighted by atomic mass is 10.1. The highest BCUT2D eigenvalue weighted by Crippen LogP contribution is 2.28. The van der Waals surface area contributed by atoms with Crippen molar-refractivity contribution in [3.05, 3.63) is 58.9 Å². The minimum Gasteiger partial charge on any atom is -0.369 e. The minimum atomic E-state index is 0.436. The molecule has 3 nitrogen and oxygen atoms in total. The molecular weight excluding hydrogens is 294 g/mol. The number of aromatic nitrogens is 1. The van der Waals surface area contributed by atoms with Crippen LogP contribution in [0.25, 0.3) is 0 Å². The number of rotatable bonds is 3. The second-order valence-electron chi connectivity index (χ2n) is 5.86. The van der Waals surface area contributed by atoms with Crippen molar-refractivity contribution >= 4 is 17.3 Å². The van der Waals surface area contributed by atoms with Crippen LogP contribution in [-0.2, 0) is 0 Å². The fourth-order valence-corrected chi connectivity index (χ4v) is 3.31. The molecule has 0 radical (unpaired) electrons. The molecule has 1 aliphatic heterocycles. The number of anilines is 1. The van der Waals surface area contributed by atoms with Crippen LogP contribution in [0.3, 0.4) is 0 Å². The Labute approximate surface area is 137 Å². The van der Waals surface area contributed by atoms with E-state index < -0.39 is 0 Å². The topological polar surface area (TPSA) is 19.4 Å². The normalized spacial score (nSPS) is 17.5. The van der Waals surface area contributed by atoms with Crippen LogP contribution in [0.4, 0.5) is 5.69 Å². The van der Waals surface area contributed by atoms with Crippen LogP contribution < -0.4 is 4.90 Å². The molecule has 1 aromatic carbocycles. The standard InChI is InChI=1S/C18H22ClN3/c1-14-17(19)4-3-5-18(14)22-12-10-21(11-13-22)15(2)16-6-8-20-9-7-16/h3-9,15H,10-13H2,1-2H3. The van der Waals surface area contributed by atoms with Gasteiger partial charge in [0.25, 0.3) is 0 Å². The third-order valence-electron chi connectivity index (χ3n) is 4.63. The quantitative estimate of drug-likeness (QED) is 0.855. The van der Waals surface area contributed by atoms with E-state index in [2.05, 4.69) is 46.8 Å². The number of nitrogens with zero attached hydrogens (tertiary/aromatic N) is 3. The van der Waals surface area contributed by atoms with Gasteiger partial charge in [-0.3, -0.25) is 9.88 Å². The number of benzene rings is 1. The molecular formula is C18H22ClN3. The van der Waals surface area contributed by atoms with Gasteiger partial charge in [-0.2, -0.15) is 0 Å². The number of hydrogen-bond donors (Lipinski definition) is 0. The van der Waals surface area contributed by atoms with Gasteiger partial charge in [0.2, 0.25) is 0 Å². The van der Waals surface area contributed by atoms with Crippen molar-refractivity contribution in [2.75, 3.05) is 31.1 Å². The summed E-state index contributed by atoms with van der Waals surface area (Å²) in [5, 5.41) is 0.852. The van der Waals surface area contributed by atoms with Gasteiger partial charge >= 0.3 is 0 Å². The highest BCUT2D eigenvalue weighted by Gasteiger charge is 2.23. The third-order valence-corrected chi connectivity index (χ3v) is 5.04. The second-order valence-corrected chi connectivity index (χ2v) is 6.27. The number of piperazine rings is 1. The fourth-order valence-electron chi connectivity index (χ4n) is 3.14. The molecule has 0 saturated carbocycles. The Morgan fingerprint density at radius 2 is 1.73 bits per heavy atom. The highest BCUT2D eigenvalue weighted by atomic mass is 35.5. The van der Waals surface area contributed by atoms with E-state index in [1.807, 2.05) is 24.5 Å². The molecule has 2 aromatic rings. The molecule has 1 atom stereocenters. The molecule has 2 heterocycles. The molecule has 1 aromatic heterocycles. The van der Waals surface area contributed by atoms with Crippen molar-refractivity contribution in [1.29, 1.82) is 0 Å². The van der Waals surface area contributed by atoms with Crippen molar-refractivity contribution in [1.82, 2.24) is 9.88 Å². The summed E-state index contributed by atoms with van der Waals surface area (Å²) in [6, 6.07) is 10.8. The number of pyridine rings is 1. The van der Waals surface area contributed by atoms with Gasteiger partial charge in [-0.05, 0) is 49.2 Å². The Kier molecular flexibility index (Phi) is 4.65. The first-order valence-corrected chi connectivity index (χ1v) is 8.18. The van der Waals surface area contributed by atoms with Crippen molar-refractivity contribution in [3.8, 4) is 0 Å². The molecule has 1 saturated heterocycles. The molecule has 1 fully saturated rings. The molecule has 0 bridgehead atoms. The van der Waals surface area contributed by atoms with Gasteiger partial charge in [-0.25, -0.2) is 0 Å². The number of halogens is 1. The average molecular weight is 316 g/mol. The molecule has 0 spiro atoms. The zero-order valence-corrected chi connectivity index (χ0v) is 13.9. The van der Waals surface area contributed by atoms with Gasteiger partial charge in [-0.1, -0.05) is 17.7 Å². The molecule has 0 aliphatic carbocycles. The molecule has 22 heavy (non-hydrogen) atoms. The Morgan fingerprint density at radius 1 is 1.05 bits per heavy atom. The Morgan fingerprint density at radius 3 is 2.41 bits per heavy atom. The molecule has 116 valence electrons. The first-order chi connectivity index (χ1) is 10.7. The predicted molar refractivity (Wildman–Crippen MR) is 92.6 cm³/mol. The van der Waals surface area contributed by atoms with Gasteiger partial charge < -0.3 is 4.90 Å². The van der Waals surface area contributed by atoms with Crippen molar-refractivity contribution < 1.29 is 0 Å². The van der Waals surface area contributed by atoms with Crippen LogP contribution in [0, 0.1) is 6.92 Å². The third kappa shape index (κ3) is 3.11. The SMILES string of the molecule is Cc1c(Cl)cccc1N1CCN(C(C)c2ccncc2)CC1. The van der Waals surface area contributed by atoms with E-state index in [0.717, 1.165) is 31.2 Å². The van der Waals surface area contributed by atoms with Gasteiger partial charge in [-0.15, -0.1) is 0 Å². The molecule has 0 N–H and O–H groups in total. The van der Waals surface area contributed by atoms with E-state index in [9.17, 15) is 0 Å². The van der Waals surface area contributed by atoms with E-state index in [0.29, 0.717) is 6.04 Å². The summed E-state index contributed by atoms with van der Waals surface area (Å²) in [7, 11) is 0. The summed E-state index contributed by atoms with van der Waals surface area (Å²) in [4.78, 5) is 9.08. The maximum absolute atomic E-state index is 6.25. The summed E-state index contributed by atoms with van der Waals surface area (Å²) in [5.74, 6) is 0. The zero-order chi connectivity index (χ0) is 15.5. The van der Waals surface area contributed by atoms with Crippen molar-refractivity contribution in [2.45, 2.75) is 19.9 Å². The summed E-state index contributed by atoms with van der Waals surface area (Å²) >= 11 is 6.25. The van der Waals surface area contributed by atoms with Crippen LogP contribution in [0.2, 0.25) is 5.02 Å². The second kappa shape index (κ2) is 6.67. The van der Waals surface area contributed by atoms with E-state index in [1.54, 1.807) is 0 Å². The molecule has 1 unspecified atom stereocenters. The van der Waals surface area contributed by atoms with E-state index in [-0.39, 0.29) is 0 Å². The Bertz CT molecular complexity index is 621. The predicted octanol–water partition coefficient (Wildman–Crippen LogP) is 3.93. The minimum absolute atomic E-state index is 0.436. The van der Waals surface area contributed by atoms with Gasteiger partial charge in [0.15, 0.2) is 0 Å². The molecule has 4 heteroatoms. The first-order valence-electron chi connectivity index (χ1n) is 7.81. The van der Waals surface area contributed by atoms with Crippen molar-refractivity contribution in [2.24, 2.45) is 0 Å². The summed E-state index contributed by atoms with van der Waals surface area (Å²) in [6.45, 7) is 8.58. The smallest absolute Gasteiger partial charge is 0.0455 e. The van der Waals surface area contributed by atoms with Crippen LogP contribution in [0.5, 0.6) is 0 Å². The monoisotopic (exact) mass is 315 g/mol. The zero-order valence-electron chi connectivity index (χ0n) is 13.2. The van der Waals surface area contributed by atoms with Crippen LogP contribution in [0.1, 0.15) is 24.1 Å². The molecule has 1 aliphatic rings. The summed E-state index contributed by atoms with van der Waals surface area (Å²) in [5.41, 5.74) is 3.78. The highest BCUT2D eigenvalue weighted by molar-refractivity contribution is 6.31. The average Bonchev–Trinajstić information content (AvgIpc) is 2.58. The lowest BCUT2D eigenvalue weighted by Gasteiger charge is -2.39. The maximum Gasteiger partial charge on any atom is 0.0455 e. The Hall–Kier alpha value is -1.58. The molecule has 0 amide bonds. The number of hydrogen-bond acceptors (Lipinski definition) is 3. The lowest BCUT2D eigenvalue weighted by Crippen LogP contribution is -2.47. The molecule has 3 rings (SSSR count). The van der Waals surface area contributed by atoms with Crippen LogP contribution in [-0.4, -0.2) is 36.1 Å². The fraction of sp³-hybridized carbons (Fsp3) is 0.389. The van der Waals surface area contributed by atoms with Crippen LogP contribution in [0.15, 0.2) is 42.7 Å². The summed E-state index contributed by atoms with van der Waals surface area (Å²) in [6.07, 6.45) is 3.74. The largest absolute Gasteiger partial charge is 0.369 e. The van der Waals surface area contributed by atoms with Crippen molar-refractivity contribution in [3.63, 3.8) is 0 Å². The first kappa shape index (κ1) is 15.3. The van der Waals surface area contributed by atoms with E-state index >= 15 is 0 Å².